The Kier molecular flexibility index (Phi) is 6.83. The molecular weight excluding hydrogens is 240 g/mol. The molecule has 5 nitrogen and oxygen atoms in total. The lowest BCUT2D eigenvalue weighted by molar-refractivity contribution is -0.116. The van der Waals surface area contributed by atoms with Crippen LogP contribution in [0.3, 0.4) is 0 Å². The highest BCUT2D eigenvalue weighted by atomic mass is 35.5. The van der Waals surface area contributed by atoms with Crippen molar-refractivity contribution >= 4 is 24.0 Å². The molecule has 0 saturated carbocycles. The third-order valence-electron chi connectivity index (χ3n) is 2.55. The molecule has 0 radical (unpaired) electrons. The Balaban J connectivity index is 0.00000256. The zero-order valence-corrected chi connectivity index (χ0v) is 11.6. The second-order valence-corrected chi connectivity index (χ2v) is 3.76. The van der Waals surface area contributed by atoms with Crippen LogP contribution in [0, 0.1) is 13.8 Å². The summed E-state index contributed by atoms with van der Waals surface area (Å²) in [6.45, 7) is 7.42. The molecule has 2 N–H and O–H groups in total. The van der Waals surface area contributed by atoms with Gasteiger partial charge in [0.05, 0.1) is 17.1 Å². The number of rotatable bonds is 5. The molecule has 0 spiro atoms. The molecule has 0 bridgehead atoms. The zero-order chi connectivity index (χ0) is 12.1. The molecule has 17 heavy (non-hydrogen) atoms. The van der Waals surface area contributed by atoms with Crippen LogP contribution < -0.4 is 10.6 Å². The number of nitrogens with zero attached hydrogens (tertiary/aromatic N) is 2. The van der Waals surface area contributed by atoms with E-state index in [2.05, 4.69) is 15.7 Å². The highest BCUT2D eigenvalue weighted by Crippen LogP contribution is 2.19. The Labute approximate surface area is 108 Å². The van der Waals surface area contributed by atoms with Gasteiger partial charge < -0.3 is 10.6 Å². The van der Waals surface area contributed by atoms with Crippen LogP contribution in [0.25, 0.3) is 0 Å². The molecule has 0 atom stereocenters. The standard InChI is InChI=1S/C11H20N4O.ClH/c1-5-15-9(3)11(8(2)14-15)13-10(16)6-7-12-4;/h12H,5-7H2,1-4H3,(H,13,16);1H. The number of aromatic nitrogens is 2. The summed E-state index contributed by atoms with van der Waals surface area (Å²) in [4.78, 5) is 11.6. The maximum atomic E-state index is 11.6. The molecule has 98 valence electrons. The van der Waals surface area contributed by atoms with Gasteiger partial charge in [0.1, 0.15) is 0 Å². The predicted molar refractivity (Wildman–Crippen MR) is 71.8 cm³/mol. The molecule has 1 rings (SSSR count). The minimum Gasteiger partial charge on any atom is -0.323 e. The van der Waals surface area contributed by atoms with E-state index in [9.17, 15) is 4.79 Å². The number of nitrogens with one attached hydrogen (secondary N) is 2. The first-order valence-corrected chi connectivity index (χ1v) is 5.58. The molecule has 0 unspecified atom stereocenters. The summed E-state index contributed by atoms with van der Waals surface area (Å²) in [5.74, 6) is 0.0243. The van der Waals surface area contributed by atoms with Crippen molar-refractivity contribution < 1.29 is 4.79 Å². The number of halogens is 1. The van der Waals surface area contributed by atoms with E-state index in [4.69, 9.17) is 0 Å². The maximum absolute atomic E-state index is 11.6. The average Bonchev–Trinajstić information content (AvgIpc) is 2.53. The molecule has 0 saturated heterocycles. The first kappa shape index (κ1) is 15.9. The lowest BCUT2D eigenvalue weighted by atomic mass is 10.3. The van der Waals surface area contributed by atoms with Crippen LogP contribution in [0.1, 0.15) is 24.7 Å². The Hall–Kier alpha value is -1.07. The molecule has 0 aliphatic rings. The summed E-state index contributed by atoms with van der Waals surface area (Å²) in [6.07, 6.45) is 0.479. The second-order valence-electron chi connectivity index (χ2n) is 3.76. The molecule has 0 aliphatic carbocycles. The van der Waals surface area contributed by atoms with Crippen LogP contribution >= 0.6 is 12.4 Å². The lowest BCUT2D eigenvalue weighted by Crippen LogP contribution is -2.19. The van der Waals surface area contributed by atoms with Gasteiger partial charge in [-0.05, 0) is 27.8 Å². The van der Waals surface area contributed by atoms with Crippen LogP contribution in [-0.2, 0) is 11.3 Å². The zero-order valence-electron chi connectivity index (χ0n) is 10.8. The van der Waals surface area contributed by atoms with Crippen molar-refractivity contribution in [3.05, 3.63) is 11.4 Å². The minimum absolute atomic E-state index is 0. The van der Waals surface area contributed by atoms with Crippen LogP contribution in [0.15, 0.2) is 0 Å². The monoisotopic (exact) mass is 260 g/mol. The van der Waals surface area contributed by atoms with Crippen molar-refractivity contribution in [3.8, 4) is 0 Å². The van der Waals surface area contributed by atoms with Gasteiger partial charge in [-0.25, -0.2) is 0 Å². The van der Waals surface area contributed by atoms with E-state index in [1.165, 1.54) is 0 Å². The number of amides is 1. The minimum atomic E-state index is 0. The highest BCUT2D eigenvalue weighted by Gasteiger charge is 2.12. The van der Waals surface area contributed by atoms with Crippen molar-refractivity contribution in [1.82, 2.24) is 15.1 Å². The summed E-state index contributed by atoms with van der Waals surface area (Å²) in [6, 6.07) is 0. The van der Waals surface area contributed by atoms with Gasteiger partial charge >= 0.3 is 0 Å². The van der Waals surface area contributed by atoms with E-state index in [-0.39, 0.29) is 18.3 Å². The number of aryl methyl sites for hydroxylation is 2. The largest absolute Gasteiger partial charge is 0.323 e. The normalized spacial score (nSPS) is 9.88. The SMILES string of the molecule is CCn1nc(C)c(NC(=O)CCNC)c1C.Cl. The Bertz CT molecular complexity index is 376. The van der Waals surface area contributed by atoms with Crippen LogP contribution in [0.5, 0.6) is 0 Å². The van der Waals surface area contributed by atoms with E-state index in [1.807, 2.05) is 32.5 Å². The molecule has 1 heterocycles. The van der Waals surface area contributed by atoms with E-state index in [0.29, 0.717) is 13.0 Å². The molecule has 1 aromatic heterocycles. The van der Waals surface area contributed by atoms with Gasteiger partial charge in [-0.15, -0.1) is 12.4 Å². The number of carbonyl (C=O) groups is 1. The van der Waals surface area contributed by atoms with Crippen LogP contribution in [0.4, 0.5) is 5.69 Å². The van der Waals surface area contributed by atoms with Gasteiger partial charge in [-0.3, -0.25) is 9.48 Å². The molecule has 1 amide bonds. The number of hydrogen-bond donors (Lipinski definition) is 2. The average molecular weight is 261 g/mol. The first-order valence-electron chi connectivity index (χ1n) is 5.58. The summed E-state index contributed by atoms with van der Waals surface area (Å²) in [5.41, 5.74) is 2.73. The summed E-state index contributed by atoms with van der Waals surface area (Å²) >= 11 is 0. The molecule has 0 fully saturated rings. The van der Waals surface area contributed by atoms with Crippen molar-refractivity contribution in [3.63, 3.8) is 0 Å². The van der Waals surface area contributed by atoms with Crippen molar-refractivity contribution in [1.29, 1.82) is 0 Å². The third kappa shape index (κ3) is 4.02. The first-order chi connectivity index (χ1) is 7.60. The van der Waals surface area contributed by atoms with Gasteiger partial charge in [-0.1, -0.05) is 0 Å². The van der Waals surface area contributed by atoms with E-state index >= 15 is 0 Å². The Morgan fingerprint density at radius 3 is 2.53 bits per heavy atom. The van der Waals surface area contributed by atoms with Crippen molar-refractivity contribution in [2.75, 3.05) is 18.9 Å². The molecule has 0 aromatic carbocycles. The van der Waals surface area contributed by atoms with E-state index < -0.39 is 0 Å². The van der Waals surface area contributed by atoms with Crippen LogP contribution in [0.2, 0.25) is 0 Å². The van der Waals surface area contributed by atoms with Crippen molar-refractivity contribution in [2.24, 2.45) is 0 Å². The predicted octanol–water partition coefficient (Wildman–Crippen LogP) is 1.49. The molecular formula is C11H21ClN4O. The fourth-order valence-corrected chi connectivity index (χ4v) is 1.63. The highest BCUT2D eigenvalue weighted by molar-refractivity contribution is 5.92. The number of hydrogen-bond acceptors (Lipinski definition) is 3. The molecule has 1 aromatic rings. The summed E-state index contributed by atoms with van der Waals surface area (Å²) < 4.78 is 1.89. The molecule has 0 aliphatic heterocycles. The fourth-order valence-electron chi connectivity index (χ4n) is 1.63. The van der Waals surface area contributed by atoms with E-state index in [1.54, 1.807) is 0 Å². The quantitative estimate of drug-likeness (QED) is 0.843. The van der Waals surface area contributed by atoms with Gasteiger partial charge in [0.25, 0.3) is 0 Å². The maximum Gasteiger partial charge on any atom is 0.225 e. The Morgan fingerprint density at radius 2 is 2.06 bits per heavy atom. The van der Waals surface area contributed by atoms with Crippen molar-refractivity contribution in [2.45, 2.75) is 33.7 Å². The number of carbonyl (C=O) groups excluding carboxylic acids is 1. The lowest BCUT2D eigenvalue weighted by Gasteiger charge is -2.05. The van der Waals surface area contributed by atoms with E-state index in [0.717, 1.165) is 23.6 Å². The van der Waals surface area contributed by atoms with Gasteiger partial charge in [-0.2, -0.15) is 5.10 Å². The second kappa shape index (κ2) is 7.29. The fraction of sp³-hybridized carbons (Fsp3) is 0.636. The van der Waals surface area contributed by atoms with Gasteiger partial charge in [0.15, 0.2) is 0 Å². The van der Waals surface area contributed by atoms with Crippen LogP contribution in [-0.4, -0.2) is 29.3 Å². The number of anilines is 1. The van der Waals surface area contributed by atoms with Gasteiger partial charge in [0, 0.05) is 19.5 Å². The van der Waals surface area contributed by atoms with Gasteiger partial charge in [0.2, 0.25) is 5.91 Å². The smallest absolute Gasteiger partial charge is 0.225 e. The summed E-state index contributed by atoms with van der Waals surface area (Å²) in [7, 11) is 1.83. The Morgan fingerprint density at radius 1 is 1.41 bits per heavy atom. The summed E-state index contributed by atoms with van der Waals surface area (Å²) in [5, 5.41) is 10.2. The third-order valence-corrected chi connectivity index (χ3v) is 2.55. The topological polar surface area (TPSA) is 59.0 Å². The molecule has 6 heteroatoms.